The summed E-state index contributed by atoms with van der Waals surface area (Å²) >= 11 is 5.09. The summed E-state index contributed by atoms with van der Waals surface area (Å²) in [6.07, 6.45) is 1.46. The van der Waals surface area contributed by atoms with Crippen LogP contribution in [0.4, 0.5) is 11.8 Å². The van der Waals surface area contributed by atoms with Gasteiger partial charge in [-0.05, 0) is 47.2 Å². The third kappa shape index (κ3) is 2.66. The number of amides is 1. The van der Waals surface area contributed by atoms with Gasteiger partial charge in [-0.1, -0.05) is 0 Å². The van der Waals surface area contributed by atoms with Crippen LogP contribution < -0.4 is 9.80 Å². The Morgan fingerprint density at radius 2 is 2.26 bits per heavy atom. The predicted octanol–water partition coefficient (Wildman–Crippen LogP) is 2.82. The van der Waals surface area contributed by atoms with Crippen molar-refractivity contribution in [3.8, 4) is 0 Å². The molecule has 3 aliphatic rings. The van der Waals surface area contributed by atoms with Gasteiger partial charge in [0.05, 0.1) is 21.1 Å². The van der Waals surface area contributed by atoms with Gasteiger partial charge in [-0.25, -0.2) is 4.98 Å². The first kappa shape index (κ1) is 17.4. The van der Waals surface area contributed by atoms with Gasteiger partial charge in [0.15, 0.2) is 5.82 Å². The number of carbonyl (C=O) groups excluding carboxylic acids is 2. The van der Waals surface area contributed by atoms with Gasteiger partial charge in [0.25, 0.3) is 0 Å². The normalized spacial score (nSPS) is 29.1. The molecule has 0 spiro atoms. The topological polar surface area (TPSA) is 75.6 Å². The number of aromatic nitrogens is 2. The van der Waals surface area contributed by atoms with Crippen LogP contribution in [0, 0.1) is 17.8 Å². The lowest BCUT2D eigenvalue weighted by molar-refractivity contribution is -0.141. The lowest BCUT2D eigenvalue weighted by Gasteiger charge is -2.39. The van der Waals surface area contributed by atoms with Gasteiger partial charge in [0.1, 0.15) is 0 Å². The van der Waals surface area contributed by atoms with Crippen LogP contribution in [0.2, 0.25) is 0 Å². The standard InChI is InChI=1S/C18H19BrN4O3S/c1-8-3-4-22(8)18-20-11-6-12(19)27-15(11)16(21-18)23-7-10-9(5-13(24)26-2)14(10)17(23)25/h6,8-10,14H,3-5,7H2,1-2H3/t8-,9?,10?,14?/m0/s1. The largest absolute Gasteiger partial charge is 0.469 e. The summed E-state index contributed by atoms with van der Waals surface area (Å²) in [4.78, 5) is 38.0. The molecular weight excluding hydrogens is 432 g/mol. The zero-order chi connectivity index (χ0) is 18.9. The fourth-order valence-corrected chi connectivity index (χ4v) is 5.81. The highest BCUT2D eigenvalue weighted by Crippen LogP contribution is 2.56. The zero-order valence-corrected chi connectivity index (χ0v) is 17.4. The van der Waals surface area contributed by atoms with Crippen LogP contribution in [0.3, 0.4) is 0 Å². The summed E-state index contributed by atoms with van der Waals surface area (Å²) in [6, 6.07) is 2.41. The number of halogens is 1. The van der Waals surface area contributed by atoms with Crippen LogP contribution in [0.1, 0.15) is 19.8 Å². The molecule has 0 N–H and O–H groups in total. The van der Waals surface area contributed by atoms with Gasteiger partial charge in [-0.15, -0.1) is 11.3 Å². The van der Waals surface area contributed by atoms with E-state index in [1.54, 1.807) is 16.2 Å². The summed E-state index contributed by atoms with van der Waals surface area (Å²) in [7, 11) is 1.39. The van der Waals surface area contributed by atoms with E-state index in [0.717, 1.165) is 27.0 Å². The van der Waals surface area contributed by atoms with Gasteiger partial charge in [0, 0.05) is 31.5 Å². The molecule has 3 unspecified atom stereocenters. The number of hydrogen-bond acceptors (Lipinski definition) is 7. The molecule has 142 valence electrons. The van der Waals surface area contributed by atoms with Crippen molar-refractivity contribution >= 4 is 61.1 Å². The second-order valence-electron chi connectivity index (χ2n) is 7.53. The molecule has 9 heteroatoms. The second kappa shape index (κ2) is 6.13. The van der Waals surface area contributed by atoms with Crippen molar-refractivity contribution < 1.29 is 14.3 Å². The number of thiophene rings is 1. The Labute approximate surface area is 168 Å². The van der Waals surface area contributed by atoms with Crippen LogP contribution >= 0.6 is 27.3 Å². The van der Waals surface area contributed by atoms with Crippen molar-refractivity contribution in [3.63, 3.8) is 0 Å². The number of rotatable bonds is 4. The smallest absolute Gasteiger partial charge is 0.305 e. The molecule has 27 heavy (non-hydrogen) atoms. The number of esters is 1. The van der Waals surface area contributed by atoms with Crippen molar-refractivity contribution in [2.24, 2.45) is 17.8 Å². The average molecular weight is 451 g/mol. The van der Waals surface area contributed by atoms with Gasteiger partial charge < -0.3 is 9.64 Å². The summed E-state index contributed by atoms with van der Waals surface area (Å²) in [5.74, 6) is 1.49. The number of methoxy groups -OCH3 is 1. The Hall–Kier alpha value is -1.74. The molecule has 5 rings (SSSR count). The molecule has 7 nitrogen and oxygen atoms in total. The van der Waals surface area contributed by atoms with E-state index in [1.165, 1.54) is 7.11 Å². The Morgan fingerprint density at radius 3 is 2.85 bits per heavy atom. The van der Waals surface area contributed by atoms with E-state index < -0.39 is 0 Å². The Balaban J connectivity index is 1.47. The lowest BCUT2D eigenvalue weighted by atomic mass is 10.1. The van der Waals surface area contributed by atoms with E-state index in [0.29, 0.717) is 30.8 Å². The van der Waals surface area contributed by atoms with Crippen LogP contribution in [-0.2, 0) is 14.3 Å². The van der Waals surface area contributed by atoms with Crippen molar-refractivity contribution in [1.82, 2.24) is 9.97 Å². The van der Waals surface area contributed by atoms with Crippen molar-refractivity contribution in [2.45, 2.75) is 25.8 Å². The minimum absolute atomic E-state index is 0.0704. The van der Waals surface area contributed by atoms with Crippen molar-refractivity contribution in [3.05, 3.63) is 9.85 Å². The van der Waals surface area contributed by atoms with Gasteiger partial charge in [0.2, 0.25) is 11.9 Å². The number of anilines is 2. The quantitative estimate of drug-likeness (QED) is 0.666. The molecule has 4 heterocycles. The molecule has 0 aromatic carbocycles. The monoisotopic (exact) mass is 450 g/mol. The molecule has 1 aliphatic carbocycles. The number of carbonyl (C=O) groups is 2. The highest BCUT2D eigenvalue weighted by Gasteiger charge is 2.62. The lowest BCUT2D eigenvalue weighted by Crippen LogP contribution is -2.47. The molecule has 0 bridgehead atoms. The van der Waals surface area contributed by atoms with E-state index in [9.17, 15) is 9.59 Å². The van der Waals surface area contributed by atoms with E-state index in [4.69, 9.17) is 14.7 Å². The van der Waals surface area contributed by atoms with Gasteiger partial charge in [-0.2, -0.15) is 4.98 Å². The first-order chi connectivity index (χ1) is 13.0. The number of nitrogens with zero attached hydrogens (tertiary/aromatic N) is 4. The maximum absolute atomic E-state index is 13.0. The minimum Gasteiger partial charge on any atom is -0.469 e. The number of fused-ring (bicyclic) bond motifs is 2. The molecule has 2 aliphatic heterocycles. The van der Waals surface area contributed by atoms with Crippen LogP contribution in [0.15, 0.2) is 9.85 Å². The molecule has 2 aromatic rings. The first-order valence-electron chi connectivity index (χ1n) is 9.10. The molecular formula is C18H19BrN4O3S. The van der Waals surface area contributed by atoms with Crippen LogP contribution in [-0.4, -0.2) is 48.1 Å². The summed E-state index contributed by atoms with van der Waals surface area (Å²) in [5, 5.41) is 0. The number of piperidine rings is 1. The first-order valence-corrected chi connectivity index (χ1v) is 10.7. The number of hydrogen-bond donors (Lipinski definition) is 0. The maximum Gasteiger partial charge on any atom is 0.305 e. The number of ether oxygens (including phenoxy) is 1. The van der Waals surface area contributed by atoms with Crippen molar-refractivity contribution in [2.75, 3.05) is 30.0 Å². The molecule has 2 aromatic heterocycles. The van der Waals surface area contributed by atoms with Crippen molar-refractivity contribution in [1.29, 1.82) is 0 Å². The Morgan fingerprint density at radius 1 is 1.44 bits per heavy atom. The van der Waals surface area contributed by atoms with E-state index in [2.05, 4.69) is 27.8 Å². The Bertz CT molecular complexity index is 963. The molecule has 0 radical (unpaired) electrons. The molecule has 4 atom stereocenters. The molecule has 1 amide bonds. The second-order valence-corrected chi connectivity index (χ2v) is 9.96. The average Bonchev–Trinajstić information content (AvgIpc) is 2.95. The van der Waals surface area contributed by atoms with Crippen LogP contribution in [0.5, 0.6) is 0 Å². The molecule has 2 saturated heterocycles. The third-order valence-corrected chi connectivity index (χ3v) is 7.67. The van der Waals surface area contributed by atoms with E-state index in [-0.39, 0.29) is 29.6 Å². The summed E-state index contributed by atoms with van der Waals surface area (Å²) in [5.41, 5.74) is 0.866. The Kier molecular flexibility index (Phi) is 3.94. The SMILES string of the molecule is COC(=O)CC1C2CN(c3nc(N4CC[C@@H]4C)nc4cc(Br)sc34)C(=O)C12. The highest BCUT2D eigenvalue weighted by molar-refractivity contribution is 9.11. The maximum atomic E-state index is 13.0. The molecule has 3 fully saturated rings. The predicted molar refractivity (Wildman–Crippen MR) is 106 cm³/mol. The minimum atomic E-state index is -0.241. The summed E-state index contributed by atoms with van der Waals surface area (Å²) < 4.78 is 6.65. The van der Waals surface area contributed by atoms with Gasteiger partial charge in [-0.3, -0.25) is 14.5 Å². The van der Waals surface area contributed by atoms with E-state index in [1.807, 2.05) is 6.07 Å². The molecule has 1 saturated carbocycles. The zero-order valence-electron chi connectivity index (χ0n) is 15.0. The van der Waals surface area contributed by atoms with Crippen LogP contribution in [0.25, 0.3) is 10.2 Å². The highest BCUT2D eigenvalue weighted by atomic mass is 79.9. The van der Waals surface area contributed by atoms with E-state index >= 15 is 0 Å². The fraction of sp³-hybridized carbons (Fsp3) is 0.556. The fourth-order valence-electron chi connectivity index (χ4n) is 4.28. The van der Waals surface area contributed by atoms with Gasteiger partial charge >= 0.3 is 5.97 Å². The summed E-state index contributed by atoms with van der Waals surface area (Å²) in [6.45, 7) is 3.72. The third-order valence-electron chi connectivity index (χ3n) is 6.05.